The Hall–Kier alpha value is -3.56. The number of aryl methyl sites for hydroxylation is 1. The molecule has 0 radical (unpaired) electrons. The lowest BCUT2D eigenvalue weighted by Gasteiger charge is -2.11. The van der Waals surface area contributed by atoms with Gasteiger partial charge in [-0.15, -0.1) is 10.2 Å². The number of anilines is 1. The first-order valence-electron chi connectivity index (χ1n) is 10.3. The van der Waals surface area contributed by atoms with Crippen LogP contribution in [-0.4, -0.2) is 37.5 Å². The molecule has 0 saturated carbocycles. The maximum absolute atomic E-state index is 12.4. The van der Waals surface area contributed by atoms with Crippen molar-refractivity contribution in [1.29, 1.82) is 0 Å². The number of carboxylic acids is 1. The average molecular weight is 497 g/mol. The highest BCUT2D eigenvalue weighted by atomic mass is 35.5. The number of fused-ring (bicyclic) bond motifs is 1. The predicted octanol–water partition coefficient (Wildman–Crippen LogP) is 4.94. The molecule has 4 rings (SSSR count). The molecule has 0 saturated heterocycles. The molecule has 174 valence electrons. The number of aromatic carboxylic acids is 1. The van der Waals surface area contributed by atoms with E-state index in [1.807, 2.05) is 31.2 Å². The van der Waals surface area contributed by atoms with Crippen LogP contribution in [0.2, 0.25) is 5.02 Å². The zero-order valence-electron chi connectivity index (χ0n) is 18.4. The Bertz CT molecular complexity index is 1390. The number of amides is 1. The lowest BCUT2D eigenvalue weighted by molar-refractivity contribution is -0.113. The fourth-order valence-electron chi connectivity index (χ4n) is 3.37. The molecule has 0 bridgehead atoms. The summed E-state index contributed by atoms with van der Waals surface area (Å²) in [5.41, 5.74) is 1.33. The Kier molecular flexibility index (Phi) is 7.04. The van der Waals surface area contributed by atoms with Crippen molar-refractivity contribution in [2.45, 2.75) is 18.7 Å². The fourth-order valence-corrected chi connectivity index (χ4v) is 4.27. The second-order valence-corrected chi connectivity index (χ2v) is 8.84. The molecule has 8 nitrogen and oxygen atoms in total. The van der Waals surface area contributed by atoms with E-state index in [2.05, 4.69) is 27.6 Å². The van der Waals surface area contributed by atoms with E-state index in [0.29, 0.717) is 11.0 Å². The first-order chi connectivity index (χ1) is 16.3. The number of halogens is 1. The van der Waals surface area contributed by atoms with E-state index >= 15 is 0 Å². The number of hydrogen-bond acceptors (Lipinski definition) is 6. The Labute approximate surface area is 204 Å². The van der Waals surface area contributed by atoms with Crippen molar-refractivity contribution in [2.75, 3.05) is 11.1 Å². The zero-order chi connectivity index (χ0) is 24.2. The van der Waals surface area contributed by atoms with E-state index in [1.54, 1.807) is 11.6 Å². The van der Waals surface area contributed by atoms with E-state index in [0.717, 1.165) is 22.1 Å². The molecule has 10 heteroatoms. The maximum atomic E-state index is 12.4. The van der Waals surface area contributed by atoms with Crippen LogP contribution >= 0.6 is 23.4 Å². The number of carbonyl (C=O) groups is 2. The minimum Gasteiger partial charge on any atom is -0.485 e. The van der Waals surface area contributed by atoms with Crippen LogP contribution in [0.4, 0.5) is 5.69 Å². The van der Waals surface area contributed by atoms with Crippen LogP contribution in [0.5, 0.6) is 5.75 Å². The van der Waals surface area contributed by atoms with Gasteiger partial charge in [-0.2, -0.15) is 0 Å². The topological polar surface area (TPSA) is 106 Å². The largest absolute Gasteiger partial charge is 0.485 e. The van der Waals surface area contributed by atoms with Gasteiger partial charge in [-0.25, -0.2) is 4.79 Å². The van der Waals surface area contributed by atoms with Crippen molar-refractivity contribution in [3.8, 4) is 5.75 Å². The summed E-state index contributed by atoms with van der Waals surface area (Å²) in [5, 5.41) is 23.2. The van der Waals surface area contributed by atoms with Crippen molar-refractivity contribution in [3.05, 3.63) is 76.6 Å². The molecule has 2 N–H and O–H groups in total. The minimum absolute atomic E-state index is 0.0342. The maximum Gasteiger partial charge on any atom is 0.335 e. The zero-order valence-corrected chi connectivity index (χ0v) is 20.0. The highest BCUT2D eigenvalue weighted by Crippen LogP contribution is 2.28. The standard InChI is InChI=1S/C24H21ClN4O4S/c1-14-17-6-4-3-5-15(17)8-10-20(14)33-12-21-27-28-24(29(21)2)34-13-22(30)26-19-11-16(23(31)32)7-9-18(19)25/h3-11H,12-13H2,1-2H3,(H,26,30)(H,31,32). The number of thioether (sulfide) groups is 1. The summed E-state index contributed by atoms with van der Waals surface area (Å²) in [5.74, 6) is -0.00995. The molecule has 0 aliphatic heterocycles. The molecule has 4 aromatic rings. The molecular weight excluding hydrogens is 476 g/mol. The van der Waals surface area contributed by atoms with Gasteiger partial charge < -0.3 is 19.7 Å². The summed E-state index contributed by atoms with van der Waals surface area (Å²) < 4.78 is 7.77. The lowest BCUT2D eigenvalue weighted by Crippen LogP contribution is -2.15. The normalized spacial score (nSPS) is 10.9. The number of rotatable bonds is 8. The minimum atomic E-state index is -1.10. The number of ether oxygens (including phenoxy) is 1. The third-order valence-electron chi connectivity index (χ3n) is 5.25. The molecule has 1 heterocycles. The summed E-state index contributed by atoms with van der Waals surface area (Å²) in [6.07, 6.45) is 0. The van der Waals surface area contributed by atoms with Gasteiger partial charge in [-0.05, 0) is 47.5 Å². The van der Waals surface area contributed by atoms with Crippen LogP contribution in [0.15, 0.2) is 59.8 Å². The highest BCUT2D eigenvalue weighted by Gasteiger charge is 2.15. The molecule has 0 fully saturated rings. The molecule has 3 aromatic carbocycles. The Morgan fingerprint density at radius 1 is 1.15 bits per heavy atom. The Morgan fingerprint density at radius 2 is 1.94 bits per heavy atom. The first kappa shape index (κ1) is 23.6. The van der Waals surface area contributed by atoms with E-state index in [9.17, 15) is 9.59 Å². The monoisotopic (exact) mass is 496 g/mol. The second kappa shape index (κ2) is 10.1. The predicted molar refractivity (Wildman–Crippen MR) is 132 cm³/mol. The molecule has 34 heavy (non-hydrogen) atoms. The fraction of sp³-hybridized carbons (Fsp3) is 0.167. The van der Waals surface area contributed by atoms with Gasteiger partial charge in [0.25, 0.3) is 0 Å². The van der Waals surface area contributed by atoms with Crippen LogP contribution in [0, 0.1) is 6.92 Å². The Balaban J connectivity index is 1.37. The van der Waals surface area contributed by atoms with Gasteiger partial charge in [0.1, 0.15) is 12.4 Å². The second-order valence-electron chi connectivity index (χ2n) is 7.49. The number of nitrogens with zero attached hydrogens (tertiary/aromatic N) is 3. The lowest BCUT2D eigenvalue weighted by atomic mass is 10.0. The van der Waals surface area contributed by atoms with Crippen molar-refractivity contribution in [1.82, 2.24) is 14.8 Å². The summed E-state index contributed by atoms with van der Waals surface area (Å²) in [6.45, 7) is 2.25. The van der Waals surface area contributed by atoms with Gasteiger partial charge >= 0.3 is 5.97 Å². The van der Waals surface area contributed by atoms with Crippen molar-refractivity contribution in [3.63, 3.8) is 0 Å². The quantitative estimate of drug-likeness (QED) is 0.333. The van der Waals surface area contributed by atoms with Gasteiger partial charge in [0.15, 0.2) is 11.0 Å². The number of hydrogen-bond donors (Lipinski definition) is 2. The average Bonchev–Trinajstić information content (AvgIpc) is 3.18. The SMILES string of the molecule is Cc1c(OCc2nnc(SCC(=O)Nc3cc(C(=O)O)ccc3Cl)n2C)ccc2ccccc12. The van der Waals surface area contributed by atoms with Gasteiger partial charge in [0.2, 0.25) is 5.91 Å². The van der Waals surface area contributed by atoms with E-state index < -0.39 is 5.97 Å². The number of carbonyl (C=O) groups excluding carboxylic acids is 1. The summed E-state index contributed by atoms with van der Waals surface area (Å²) in [7, 11) is 1.80. The summed E-state index contributed by atoms with van der Waals surface area (Å²) in [6, 6.07) is 16.2. The van der Waals surface area contributed by atoms with Crippen LogP contribution < -0.4 is 10.1 Å². The third-order valence-corrected chi connectivity index (χ3v) is 6.60. The van der Waals surface area contributed by atoms with Gasteiger partial charge in [-0.3, -0.25) is 4.79 Å². The first-order valence-corrected chi connectivity index (χ1v) is 11.6. The molecule has 0 atom stereocenters. The van der Waals surface area contributed by atoms with Crippen LogP contribution in [0.1, 0.15) is 21.7 Å². The number of nitrogens with one attached hydrogen (secondary N) is 1. The van der Waals surface area contributed by atoms with Crippen molar-refractivity contribution >= 4 is 51.7 Å². The van der Waals surface area contributed by atoms with Crippen LogP contribution in [0.3, 0.4) is 0 Å². The smallest absolute Gasteiger partial charge is 0.335 e. The molecule has 1 amide bonds. The molecular formula is C24H21ClN4O4S. The number of aromatic nitrogens is 3. The number of carboxylic acid groups (broad SMARTS) is 1. The molecule has 0 aliphatic rings. The van der Waals surface area contributed by atoms with Crippen LogP contribution in [0.25, 0.3) is 10.8 Å². The molecule has 0 aliphatic carbocycles. The summed E-state index contributed by atoms with van der Waals surface area (Å²) in [4.78, 5) is 23.5. The van der Waals surface area contributed by atoms with Crippen LogP contribution in [-0.2, 0) is 18.4 Å². The van der Waals surface area contributed by atoms with Crippen molar-refractivity contribution < 1.29 is 19.4 Å². The van der Waals surface area contributed by atoms with E-state index in [4.69, 9.17) is 21.4 Å². The Morgan fingerprint density at radius 3 is 2.74 bits per heavy atom. The van der Waals surface area contributed by atoms with Gasteiger partial charge in [0.05, 0.1) is 22.0 Å². The molecule has 0 spiro atoms. The van der Waals surface area contributed by atoms with Crippen molar-refractivity contribution in [2.24, 2.45) is 7.05 Å². The third kappa shape index (κ3) is 5.16. The van der Waals surface area contributed by atoms with E-state index in [-0.39, 0.29) is 34.5 Å². The van der Waals surface area contributed by atoms with Gasteiger partial charge in [-0.1, -0.05) is 53.7 Å². The van der Waals surface area contributed by atoms with Gasteiger partial charge in [0, 0.05) is 7.05 Å². The summed E-state index contributed by atoms with van der Waals surface area (Å²) >= 11 is 7.27. The number of benzene rings is 3. The highest BCUT2D eigenvalue weighted by molar-refractivity contribution is 7.99. The molecule has 0 unspecified atom stereocenters. The molecule has 1 aromatic heterocycles. The van der Waals surface area contributed by atoms with E-state index in [1.165, 1.54) is 30.0 Å².